The van der Waals surface area contributed by atoms with Gasteiger partial charge in [-0.3, -0.25) is 4.79 Å². The fourth-order valence-electron chi connectivity index (χ4n) is 2.58. The summed E-state index contributed by atoms with van der Waals surface area (Å²) in [5.74, 6) is 0.764. The third kappa shape index (κ3) is 5.37. The highest BCUT2D eigenvalue weighted by atomic mass is 16.5. The molecule has 1 heterocycles. The van der Waals surface area contributed by atoms with Crippen molar-refractivity contribution in [1.82, 2.24) is 25.5 Å². The van der Waals surface area contributed by atoms with E-state index in [1.807, 2.05) is 36.4 Å². The molecule has 1 aromatic heterocycles. The van der Waals surface area contributed by atoms with Gasteiger partial charge in [0, 0.05) is 12.1 Å². The number of amides is 1. The van der Waals surface area contributed by atoms with E-state index < -0.39 is 0 Å². The maximum absolute atomic E-state index is 12.4. The Hall–Kier alpha value is -3.22. The van der Waals surface area contributed by atoms with Gasteiger partial charge in [0.25, 0.3) is 5.91 Å². The second kappa shape index (κ2) is 9.47. The van der Waals surface area contributed by atoms with Crippen LogP contribution in [0.25, 0.3) is 5.69 Å². The van der Waals surface area contributed by atoms with Crippen LogP contribution in [0.15, 0.2) is 54.9 Å². The lowest BCUT2D eigenvalue weighted by Gasteiger charge is -2.08. The fraction of sp³-hybridized carbons (Fsp3) is 0.300. The zero-order valence-corrected chi connectivity index (χ0v) is 15.3. The summed E-state index contributed by atoms with van der Waals surface area (Å²) in [6.45, 7) is 3.45. The lowest BCUT2D eigenvalue weighted by Crippen LogP contribution is -2.25. The first-order chi connectivity index (χ1) is 13.3. The van der Waals surface area contributed by atoms with E-state index in [-0.39, 0.29) is 5.91 Å². The van der Waals surface area contributed by atoms with Crippen molar-refractivity contribution in [3.63, 3.8) is 0 Å². The Labute approximate surface area is 158 Å². The fourth-order valence-corrected chi connectivity index (χ4v) is 2.58. The van der Waals surface area contributed by atoms with E-state index >= 15 is 0 Å². The number of nitrogens with one attached hydrogen (secondary N) is 1. The van der Waals surface area contributed by atoms with E-state index in [4.69, 9.17) is 4.74 Å². The van der Waals surface area contributed by atoms with E-state index in [9.17, 15) is 4.79 Å². The van der Waals surface area contributed by atoms with Crippen molar-refractivity contribution in [3.05, 3.63) is 66.0 Å². The predicted octanol–water partition coefficient (Wildman–Crippen LogP) is 2.81. The molecule has 0 unspecified atom stereocenters. The molecule has 27 heavy (non-hydrogen) atoms. The van der Waals surface area contributed by atoms with Gasteiger partial charge in [-0.2, -0.15) is 0 Å². The first-order valence-electron chi connectivity index (χ1n) is 9.09. The third-order valence-corrected chi connectivity index (χ3v) is 4.11. The van der Waals surface area contributed by atoms with Crippen LogP contribution in [0.3, 0.4) is 0 Å². The molecule has 1 N–H and O–H groups in total. The molecule has 0 atom stereocenters. The molecule has 0 saturated heterocycles. The second-order valence-corrected chi connectivity index (χ2v) is 6.16. The molecular weight excluding hydrogens is 342 g/mol. The number of unbranched alkanes of at least 4 members (excludes halogenated alkanes) is 1. The number of hydrogen-bond acceptors (Lipinski definition) is 5. The summed E-state index contributed by atoms with van der Waals surface area (Å²) in [4.78, 5) is 12.4. The molecule has 0 aliphatic heterocycles. The molecule has 3 rings (SSSR count). The summed E-state index contributed by atoms with van der Waals surface area (Å²) in [6, 6.07) is 15.2. The molecule has 0 aliphatic carbocycles. The topological polar surface area (TPSA) is 81.9 Å². The largest absolute Gasteiger partial charge is 0.494 e. The highest BCUT2D eigenvalue weighted by Gasteiger charge is 2.07. The van der Waals surface area contributed by atoms with Crippen LogP contribution in [0.5, 0.6) is 5.75 Å². The number of ether oxygens (including phenoxy) is 1. The molecule has 0 spiro atoms. The first-order valence-corrected chi connectivity index (χ1v) is 9.09. The van der Waals surface area contributed by atoms with Crippen LogP contribution in [0.4, 0.5) is 0 Å². The van der Waals surface area contributed by atoms with Gasteiger partial charge in [-0.25, -0.2) is 4.68 Å². The molecule has 0 aliphatic rings. The lowest BCUT2D eigenvalue weighted by atomic mass is 10.1. The van der Waals surface area contributed by atoms with Crippen LogP contribution < -0.4 is 10.1 Å². The van der Waals surface area contributed by atoms with E-state index in [0.717, 1.165) is 42.9 Å². The zero-order valence-electron chi connectivity index (χ0n) is 15.3. The van der Waals surface area contributed by atoms with Crippen LogP contribution in [-0.2, 0) is 6.42 Å². The number of nitrogens with zero attached hydrogens (tertiary/aromatic N) is 4. The van der Waals surface area contributed by atoms with Crippen molar-refractivity contribution in [3.8, 4) is 11.4 Å². The Kier molecular flexibility index (Phi) is 6.51. The molecule has 3 aromatic rings. The summed E-state index contributed by atoms with van der Waals surface area (Å²) < 4.78 is 7.17. The van der Waals surface area contributed by atoms with Gasteiger partial charge in [-0.15, -0.1) is 5.10 Å². The normalized spacial score (nSPS) is 10.6. The van der Waals surface area contributed by atoms with E-state index in [2.05, 4.69) is 27.8 Å². The van der Waals surface area contributed by atoms with Crippen LogP contribution in [0, 0.1) is 0 Å². The number of hydrogen-bond donors (Lipinski definition) is 1. The van der Waals surface area contributed by atoms with Crippen molar-refractivity contribution >= 4 is 5.91 Å². The van der Waals surface area contributed by atoms with E-state index in [1.54, 1.807) is 12.1 Å². The average Bonchev–Trinajstić information content (AvgIpc) is 3.24. The Morgan fingerprint density at radius 1 is 1.19 bits per heavy atom. The quantitative estimate of drug-likeness (QED) is 0.590. The van der Waals surface area contributed by atoms with Gasteiger partial charge in [0.15, 0.2) is 0 Å². The maximum Gasteiger partial charge on any atom is 0.251 e. The number of aromatic nitrogens is 4. The van der Waals surface area contributed by atoms with Crippen molar-refractivity contribution < 1.29 is 9.53 Å². The molecule has 0 saturated carbocycles. The summed E-state index contributed by atoms with van der Waals surface area (Å²) in [7, 11) is 0. The summed E-state index contributed by atoms with van der Waals surface area (Å²) in [5, 5.41) is 14.0. The van der Waals surface area contributed by atoms with Crippen molar-refractivity contribution in [2.75, 3.05) is 13.2 Å². The minimum atomic E-state index is -0.121. The highest BCUT2D eigenvalue weighted by molar-refractivity contribution is 5.94. The van der Waals surface area contributed by atoms with Gasteiger partial charge in [-0.1, -0.05) is 31.5 Å². The van der Waals surface area contributed by atoms with Gasteiger partial charge in [0.2, 0.25) is 0 Å². The molecule has 140 valence electrons. The summed E-state index contributed by atoms with van der Waals surface area (Å²) in [5.41, 5.74) is 2.47. The number of carbonyl (C=O) groups excluding carboxylic acids is 1. The van der Waals surface area contributed by atoms with Gasteiger partial charge in [0.1, 0.15) is 12.1 Å². The Bertz CT molecular complexity index is 847. The van der Waals surface area contributed by atoms with Crippen LogP contribution in [0.1, 0.15) is 35.7 Å². The molecule has 7 heteroatoms. The minimum absolute atomic E-state index is 0.121. The number of carbonyl (C=O) groups is 1. The smallest absolute Gasteiger partial charge is 0.251 e. The lowest BCUT2D eigenvalue weighted by molar-refractivity contribution is 0.0954. The summed E-state index contributed by atoms with van der Waals surface area (Å²) >= 11 is 0. The van der Waals surface area contributed by atoms with Gasteiger partial charge in [0.05, 0.1) is 12.3 Å². The molecule has 1 amide bonds. The second-order valence-electron chi connectivity index (χ2n) is 6.16. The predicted molar refractivity (Wildman–Crippen MR) is 102 cm³/mol. The molecule has 0 fully saturated rings. The Morgan fingerprint density at radius 3 is 2.78 bits per heavy atom. The highest BCUT2D eigenvalue weighted by Crippen LogP contribution is 2.13. The Morgan fingerprint density at radius 2 is 2.04 bits per heavy atom. The van der Waals surface area contributed by atoms with E-state index in [0.29, 0.717) is 12.1 Å². The van der Waals surface area contributed by atoms with E-state index in [1.165, 1.54) is 11.0 Å². The average molecular weight is 365 g/mol. The maximum atomic E-state index is 12.4. The standard InChI is InChI=1S/C20H23N5O2/c1-2-3-13-27-19-9-7-16(8-10-19)11-12-21-20(26)17-5-4-6-18(14-17)25-15-22-23-24-25/h4-10,14-15H,2-3,11-13H2,1H3,(H,21,26). The Balaban J connectivity index is 1.49. The van der Waals surface area contributed by atoms with Crippen molar-refractivity contribution in [2.24, 2.45) is 0 Å². The number of benzene rings is 2. The van der Waals surface area contributed by atoms with Crippen molar-refractivity contribution in [2.45, 2.75) is 26.2 Å². The van der Waals surface area contributed by atoms with Gasteiger partial charge >= 0.3 is 0 Å². The monoisotopic (exact) mass is 365 g/mol. The van der Waals surface area contributed by atoms with Gasteiger partial charge in [-0.05, 0) is 59.2 Å². The SMILES string of the molecule is CCCCOc1ccc(CCNC(=O)c2cccc(-n3cnnn3)c2)cc1. The first kappa shape index (κ1) is 18.6. The van der Waals surface area contributed by atoms with Gasteiger partial charge < -0.3 is 10.1 Å². The number of tetrazole rings is 1. The molecule has 7 nitrogen and oxygen atoms in total. The zero-order chi connectivity index (χ0) is 18.9. The number of rotatable bonds is 9. The van der Waals surface area contributed by atoms with Crippen LogP contribution >= 0.6 is 0 Å². The third-order valence-electron chi connectivity index (χ3n) is 4.11. The molecular formula is C20H23N5O2. The van der Waals surface area contributed by atoms with Crippen LogP contribution in [-0.4, -0.2) is 39.3 Å². The van der Waals surface area contributed by atoms with Crippen molar-refractivity contribution in [1.29, 1.82) is 0 Å². The molecule has 0 radical (unpaired) electrons. The minimum Gasteiger partial charge on any atom is -0.494 e. The van der Waals surface area contributed by atoms with Crippen LogP contribution in [0.2, 0.25) is 0 Å². The summed E-state index contributed by atoms with van der Waals surface area (Å²) in [6.07, 6.45) is 4.43. The molecule has 0 bridgehead atoms. The molecule has 2 aromatic carbocycles.